The fourth-order valence-electron chi connectivity index (χ4n) is 3.23. The highest BCUT2D eigenvalue weighted by Gasteiger charge is 2.24. The second-order valence-corrected chi connectivity index (χ2v) is 8.62. The van der Waals surface area contributed by atoms with Crippen molar-refractivity contribution >= 4 is 21.1 Å². The first kappa shape index (κ1) is 19.3. The van der Waals surface area contributed by atoms with Crippen molar-refractivity contribution in [2.75, 3.05) is 5.75 Å². The van der Waals surface area contributed by atoms with Gasteiger partial charge in [0.2, 0.25) is 10.0 Å². The van der Waals surface area contributed by atoms with Crippen LogP contribution in [0.5, 0.6) is 0 Å². The number of fused-ring (bicyclic) bond motifs is 1. The first-order valence-electron chi connectivity index (χ1n) is 9.05. The minimum Gasteiger partial charge on any atom is -0.336 e. The standard InChI is InChI=1S/C20H20FN5O2S/c1-25-11-10-22-20(25)19(15-6-8-16(21)9-7-15)24-29(27,28)13-12-26-14-23-17-4-2-3-5-18(17)26/h2-11,14,19,24H,12-13H2,1H3/t19-/m1/s1. The third-order valence-corrected chi connectivity index (χ3v) is 6.06. The summed E-state index contributed by atoms with van der Waals surface area (Å²) in [6.45, 7) is 0.256. The zero-order valence-corrected chi connectivity index (χ0v) is 16.6. The lowest BCUT2D eigenvalue weighted by Gasteiger charge is -2.19. The number of benzene rings is 2. The highest BCUT2D eigenvalue weighted by molar-refractivity contribution is 7.89. The molecule has 0 saturated heterocycles. The number of para-hydroxylation sites is 2. The molecule has 0 aliphatic carbocycles. The average molecular weight is 413 g/mol. The number of aryl methyl sites for hydroxylation is 2. The van der Waals surface area contributed by atoms with Gasteiger partial charge in [-0.05, 0) is 29.8 Å². The largest absolute Gasteiger partial charge is 0.336 e. The fourth-order valence-corrected chi connectivity index (χ4v) is 4.38. The summed E-state index contributed by atoms with van der Waals surface area (Å²) in [5.41, 5.74) is 2.30. The summed E-state index contributed by atoms with van der Waals surface area (Å²) in [6, 6.07) is 12.6. The monoisotopic (exact) mass is 413 g/mol. The molecule has 0 saturated carbocycles. The smallest absolute Gasteiger partial charge is 0.214 e. The van der Waals surface area contributed by atoms with Crippen LogP contribution in [0, 0.1) is 5.82 Å². The van der Waals surface area contributed by atoms with E-state index in [1.54, 1.807) is 42.5 Å². The molecule has 0 fully saturated rings. The molecule has 0 unspecified atom stereocenters. The molecule has 150 valence electrons. The molecule has 0 amide bonds. The summed E-state index contributed by atoms with van der Waals surface area (Å²) >= 11 is 0. The summed E-state index contributed by atoms with van der Waals surface area (Å²) in [5.74, 6) is 0.00518. The molecule has 1 atom stereocenters. The van der Waals surface area contributed by atoms with Crippen LogP contribution in [-0.2, 0) is 23.6 Å². The maximum absolute atomic E-state index is 13.3. The van der Waals surface area contributed by atoms with E-state index < -0.39 is 16.1 Å². The van der Waals surface area contributed by atoms with Gasteiger partial charge in [0, 0.05) is 26.0 Å². The number of aromatic nitrogens is 4. The Morgan fingerprint density at radius 1 is 1.10 bits per heavy atom. The minimum atomic E-state index is -3.67. The number of sulfonamides is 1. The number of imidazole rings is 2. The maximum Gasteiger partial charge on any atom is 0.214 e. The lowest BCUT2D eigenvalue weighted by atomic mass is 10.1. The zero-order valence-electron chi connectivity index (χ0n) is 15.7. The van der Waals surface area contributed by atoms with Gasteiger partial charge in [-0.3, -0.25) is 0 Å². The van der Waals surface area contributed by atoms with Crippen molar-refractivity contribution in [3.63, 3.8) is 0 Å². The van der Waals surface area contributed by atoms with Gasteiger partial charge >= 0.3 is 0 Å². The van der Waals surface area contributed by atoms with Gasteiger partial charge in [-0.2, -0.15) is 0 Å². The van der Waals surface area contributed by atoms with Crippen molar-refractivity contribution in [3.05, 3.63) is 84.5 Å². The Bertz CT molecular complexity index is 1230. The molecule has 29 heavy (non-hydrogen) atoms. The molecule has 0 aliphatic rings. The molecule has 2 heterocycles. The summed E-state index contributed by atoms with van der Waals surface area (Å²) in [7, 11) is -1.89. The normalized spacial score (nSPS) is 13.0. The van der Waals surface area contributed by atoms with Crippen molar-refractivity contribution in [2.24, 2.45) is 7.05 Å². The van der Waals surface area contributed by atoms with Gasteiger partial charge in [-0.15, -0.1) is 0 Å². The number of halogens is 1. The predicted octanol–water partition coefficient (Wildman–Crippen LogP) is 2.62. The molecule has 4 rings (SSSR count). The van der Waals surface area contributed by atoms with Crippen LogP contribution in [0.4, 0.5) is 4.39 Å². The molecular weight excluding hydrogens is 393 g/mol. The minimum absolute atomic E-state index is 0.129. The quantitative estimate of drug-likeness (QED) is 0.505. The molecular formula is C20H20FN5O2S. The van der Waals surface area contributed by atoms with Crippen LogP contribution in [0.3, 0.4) is 0 Å². The van der Waals surface area contributed by atoms with E-state index in [4.69, 9.17) is 0 Å². The van der Waals surface area contributed by atoms with E-state index in [9.17, 15) is 12.8 Å². The molecule has 4 aromatic rings. The second kappa shape index (κ2) is 7.76. The molecule has 7 nitrogen and oxygen atoms in total. The van der Waals surface area contributed by atoms with Crippen molar-refractivity contribution in [1.82, 2.24) is 23.8 Å². The van der Waals surface area contributed by atoms with Crippen molar-refractivity contribution in [3.8, 4) is 0 Å². The van der Waals surface area contributed by atoms with Crippen LogP contribution in [-0.4, -0.2) is 33.3 Å². The number of rotatable bonds is 7. The summed E-state index contributed by atoms with van der Waals surface area (Å²) in [5, 5.41) is 0. The maximum atomic E-state index is 13.3. The van der Waals surface area contributed by atoms with Gasteiger partial charge in [0.15, 0.2) is 0 Å². The topological polar surface area (TPSA) is 81.8 Å². The SMILES string of the molecule is Cn1ccnc1[C@H](NS(=O)(=O)CCn1cnc2ccccc21)c1ccc(F)cc1. The van der Waals surface area contributed by atoms with E-state index in [0.717, 1.165) is 11.0 Å². The van der Waals surface area contributed by atoms with E-state index in [0.29, 0.717) is 11.4 Å². The highest BCUT2D eigenvalue weighted by Crippen LogP contribution is 2.22. The third-order valence-electron chi connectivity index (χ3n) is 4.75. The molecule has 2 aromatic heterocycles. The molecule has 0 aliphatic heterocycles. The number of nitrogens with one attached hydrogen (secondary N) is 1. The predicted molar refractivity (Wildman–Crippen MR) is 108 cm³/mol. The van der Waals surface area contributed by atoms with E-state index in [-0.39, 0.29) is 18.1 Å². The molecule has 1 N–H and O–H groups in total. The van der Waals surface area contributed by atoms with Gasteiger partial charge in [-0.1, -0.05) is 24.3 Å². The average Bonchev–Trinajstić information content (AvgIpc) is 3.31. The molecule has 2 aromatic carbocycles. The molecule has 0 spiro atoms. The second-order valence-electron chi connectivity index (χ2n) is 6.74. The van der Waals surface area contributed by atoms with Crippen molar-refractivity contribution < 1.29 is 12.8 Å². The van der Waals surface area contributed by atoms with E-state index in [1.165, 1.54) is 12.1 Å². The Kier molecular flexibility index (Phi) is 5.16. The van der Waals surface area contributed by atoms with Crippen LogP contribution < -0.4 is 4.72 Å². The van der Waals surface area contributed by atoms with Gasteiger partial charge in [0.25, 0.3) is 0 Å². The lowest BCUT2D eigenvalue weighted by molar-refractivity contribution is 0.557. The van der Waals surface area contributed by atoms with Crippen LogP contribution in [0.25, 0.3) is 11.0 Å². The van der Waals surface area contributed by atoms with Crippen molar-refractivity contribution in [2.45, 2.75) is 12.6 Å². The number of hydrogen-bond donors (Lipinski definition) is 1. The third kappa shape index (κ3) is 4.20. The van der Waals surface area contributed by atoms with Gasteiger partial charge in [0.1, 0.15) is 17.7 Å². The Morgan fingerprint density at radius 2 is 1.86 bits per heavy atom. The highest BCUT2D eigenvalue weighted by atomic mass is 32.2. The van der Waals surface area contributed by atoms with E-state index >= 15 is 0 Å². The van der Waals surface area contributed by atoms with Gasteiger partial charge in [0.05, 0.1) is 23.1 Å². The van der Waals surface area contributed by atoms with Crippen LogP contribution in [0.1, 0.15) is 17.4 Å². The summed E-state index contributed by atoms with van der Waals surface area (Å²) in [6.07, 6.45) is 4.96. The molecule has 0 radical (unpaired) electrons. The Balaban J connectivity index is 1.57. The zero-order chi connectivity index (χ0) is 20.4. The Hall–Kier alpha value is -3.04. The number of hydrogen-bond acceptors (Lipinski definition) is 4. The number of nitrogens with zero attached hydrogens (tertiary/aromatic N) is 4. The van der Waals surface area contributed by atoms with Crippen LogP contribution in [0.2, 0.25) is 0 Å². The fraction of sp³-hybridized carbons (Fsp3) is 0.200. The molecule has 9 heteroatoms. The van der Waals surface area contributed by atoms with Gasteiger partial charge in [-0.25, -0.2) is 27.5 Å². The first-order valence-corrected chi connectivity index (χ1v) is 10.7. The van der Waals surface area contributed by atoms with E-state index in [1.807, 2.05) is 28.8 Å². The Labute approximate surface area is 167 Å². The molecule has 0 bridgehead atoms. The summed E-state index contributed by atoms with van der Waals surface area (Å²) in [4.78, 5) is 8.56. The van der Waals surface area contributed by atoms with Gasteiger partial charge < -0.3 is 9.13 Å². The Morgan fingerprint density at radius 3 is 2.59 bits per heavy atom. The van der Waals surface area contributed by atoms with Crippen molar-refractivity contribution in [1.29, 1.82) is 0 Å². The van der Waals surface area contributed by atoms with Crippen LogP contribution >= 0.6 is 0 Å². The van der Waals surface area contributed by atoms with E-state index in [2.05, 4.69) is 14.7 Å². The van der Waals surface area contributed by atoms with Crippen LogP contribution in [0.15, 0.2) is 67.3 Å². The lowest BCUT2D eigenvalue weighted by Crippen LogP contribution is -2.34. The first-order chi connectivity index (χ1) is 13.9. The summed E-state index contributed by atoms with van der Waals surface area (Å²) < 4.78 is 45.3.